The van der Waals surface area contributed by atoms with Crippen LogP contribution >= 0.6 is 24.0 Å². The SMILES string of the molecule is CCCNC(=O)CN=C(NCC)N1CCN(c2cccc(OC)c2)CC1.I. The molecule has 0 saturated carbocycles. The number of ether oxygens (including phenoxy) is 1. The number of nitrogens with zero attached hydrogens (tertiary/aromatic N) is 3. The molecule has 1 fully saturated rings. The van der Waals surface area contributed by atoms with E-state index in [1.807, 2.05) is 26.0 Å². The standard InChI is InChI=1S/C19H31N5O2.HI/c1-4-9-21-18(25)15-22-19(20-5-2)24-12-10-23(11-13-24)16-7-6-8-17(14-16)26-3;/h6-8,14H,4-5,9-13,15H2,1-3H3,(H,20,22)(H,21,25);1H. The number of nitrogens with one attached hydrogen (secondary N) is 2. The number of carbonyl (C=O) groups is 1. The van der Waals surface area contributed by atoms with Crippen LogP contribution in [0.4, 0.5) is 5.69 Å². The summed E-state index contributed by atoms with van der Waals surface area (Å²) in [5.41, 5.74) is 1.17. The summed E-state index contributed by atoms with van der Waals surface area (Å²) < 4.78 is 5.32. The molecule has 8 heteroatoms. The Labute approximate surface area is 179 Å². The first-order valence-corrected chi connectivity index (χ1v) is 9.36. The molecule has 0 radical (unpaired) electrons. The highest BCUT2D eigenvalue weighted by molar-refractivity contribution is 14.0. The van der Waals surface area contributed by atoms with Gasteiger partial charge < -0.3 is 25.2 Å². The Morgan fingerprint density at radius 3 is 2.56 bits per heavy atom. The van der Waals surface area contributed by atoms with Gasteiger partial charge in [-0.15, -0.1) is 24.0 Å². The van der Waals surface area contributed by atoms with E-state index >= 15 is 0 Å². The third-order valence-electron chi connectivity index (χ3n) is 4.28. The van der Waals surface area contributed by atoms with Gasteiger partial charge in [-0.1, -0.05) is 13.0 Å². The van der Waals surface area contributed by atoms with Crippen LogP contribution in [-0.2, 0) is 4.79 Å². The Bertz CT molecular complexity index is 604. The van der Waals surface area contributed by atoms with Gasteiger partial charge in [-0.25, -0.2) is 4.99 Å². The average molecular weight is 489 g/mol. The van der Waals surface area contributed by atoms with Gasteiger partial charge in [-0.2, -0.15) is 0 Å². The monoisotopic (exact) mass is 489 g/mol. The first-order chi connectivity index (χ1) is 12.7. The van der Waals surface area contributed by atoms with Crippen molar-refractivity contribution in [3.05, 3.63) is 24.3 Å². The van der Waals surface area contributed by atoms with Crippen LogP contribution in [0.1, 0.15) is 20.3 Å². The van der Waals surface area contributed by atoms with Gasteiger partial charge in [0.2, 0.25) is 5.91 Å². The number of amides is 1. The predicted molar refractivity (Wildman–Crippen MR) is 121 cm³/mol. The van der Waals surface area contributed by atoms with Crippen LogP contribution in [-0.4, -0.2) is 69.7 Å². The first kappa shape index (κ1) is 23.3. The molecule has 2 rings (SSSR count). The molecule has 152 valence electrons. The molecule has 0 bridgehead atoms. The van der Waals surface area contributed by atoms with Gasteiger partial charge in [0.1, 0.15) is 12.3 Å². The lowest BCUT2D eigenvalue weighted by Gasteiger charge is -2.37. The smallest absolute Gasteiger partial charge is 0.241 e. The van der Waals surface area contributed by atoms with Crippen LogP contribution in [0.5, 0.6) is 5.75 Å². The highest BCUT2D eigenvalue weighted by atomic mass is 127. The minimum absolute atomic E-state index is 0. The molecule has 1 heterocycles. The number of hydrogen-bond acceptors (Lipinski definition) is 4. The fourth-order valence-corrected chi connectivity index (χ4v) is 2.88. The van der Waals surface area contributed by atoms with Crippen molar-refractivity contribution >= 4 is 41.5 Å². The molecule has 1 aromatic carbocycles. The van der Waals surface area contributed by atoms with Crippen molar-refractivity contribution in [1.29, 1.82) is 0 Å². The van der Waals surface area contributed by atoms with Crippen molar-refractivity contribution in [2.24, 2.45) is 4.99 Å². The van der Waals surface area contributed by atoms with E-state index in [1.54, 1.807) is 7.11 Å². The van der Waals surface area contributed by atoms with Gasteiger partial charge in [0.25, 0.3) is 0 Å². The molecular weight excluding hydrogens is 457 g/mol. The van der Waals surface area contributed by atoms with Gasteiger partial charge >= 0.3 is 0 Å². The minimum Gasteiger partial charge on any atom is -0.497 e. The van der Waals surface area contributed by atoms with Gasteiger partial charge in [-0.05, 0) is 25.5 Å². The normalized spacial score (nSPS) is 14.4. The molecule has 1 aliphatic rings. The second kappa shape index (κ2) is 12.6. The van der Waals surface area contributed by atoms with E-state index < -0.39 is 0 Å². The third-order valence-corrected chi connectivity index (χ3v) is 4.28. The van der Waals surface area contributed by atoms with E-state index in [2.05, 4.69) is 37.6 Å². The van der Waals surface area contributed by atoms with Crippen LogP contribution in [0, 0.1) is 0 Å². The maximum atomic E-state index is 11.8. The van der Waals surface area contributed by atoms with Gasteiger partial charge in [0, 0.05) is 51.0 Å². The molecule has 1 saturated heterocycles. The highest BCUT2D eigenvalue weighted by Gasteiger charge is 2.20. The number of piperazine rings is 1. The molecule has 7 nitrogen and oxygen atoms in total. The lowest BCUT2D eigenvalue weighted by molar-refractivity contribution is -0.119. The summed E-state index contributed by atoms with van der Waals surface area (Å²) in [5, 5.41) is 6.15. The van der Waals surface area contributed by atoms with E-state index in [-0.39, 0.29) is 36.4 Å². The molecule has 1 aromatic rings. The van der Waals surface area contributed by atoms with Crippen molar-refractivity contribution < 1.29 is 9.53 Å². The molecule has 0 atom stereocenters. The summed E-state index contributed by atoms with van der Waals surface area (Å²) in [5.74, 6) is 1.65. The van der Waals surface area contributed by atoms with Crippen molar-refractivity contribution in [2.75, 3.05) is 57.8 Å². The molecule has 0 spiro atoms. The fraction of sp³-hybridized carbons (Fsp3) is 0.579. The molecule has 0 aromatic heterocycles. The second-order valence-corrected chi connectivity index (χ2v) is 6.20. The fourth-order valence-electron chi connectivity index (χ4n) is 2.88. The largest absolute Gasteiger partial charge is 0.497 e. The number of benzene rings is 1. The zero-order valence-corrected chi connectivity index (χ0v) is 18.9. The summed E-state index contributed by atoms with van der Waals surface area (Å²) >= 11 is 0. The number of anilines is 1. The third kappa shape index (κ3) is 7.43. The predicted octanol–water partition coefficient (Wildman–Crippen LogP) is 1.93. The number of carbonyl (C=O) groups excluding carboxylic acids is 1. The van der Waals surface area contributed by atoms with E-state index in [1.165, 1.54) is 5.69 Å². The number of halogens is 1. The van der Waals surface area contributed by atoms with Crippen molar-refractivity contribution in [1.82, 2.24) is 15.5 Å². The summed E-state index contributed by atoms with van der Waals surface area (Å²) in [4.78, 5) is 20.9. The second-order valence-electron chi connectivity index (χ2n) is 6.20. The summed E-state index contributed by atoms with van der Waals surface area (Å²) in [6, 6.07) is 8.14. The quantitative estimate of drug-likeness (QED) is 0.348. The molecule has 2 N–H and O–H groups in total. The Morgan fingerprint density at radius 2 is 1.93 bits per heavy atom. The van der Waals surface area contributed by atoms with E-state index in [0.29, 0.717) is 6.54 Å². The van der Waals surface area contributed by atoms with Crippen molar-refractivity contribution in [3.8, 4) is 5.75 Å². The maximum absolute atomic E-state index is 11.8. The zero-order valence-electron chi connectivity index (χ0n) is 16.5. The van der Waals surface area contributed by atoms with Crippen LogP contribution < -0.4 is 20.3 Å². The molecule has 1 amide bonds. The summed E-state index contributed by atoms with van der Waals surface area (Å²) in [7, 11) is 1.69. The molecule has 0 aliphatic carbocycles. The average Bonchev–Trinajstić information content (AvgIpc) is 2.69. The van der Waals surface area contributed by atoms with Gasteiger partial charge in [0.15, 0.2) is 5.96 Å². The molecule has 1 aliphatic heterocycles. The Hall–Kier alpha value is -1.71. The van der Waals surface area contributed by atoms with Crippen molar-refractivity contribution in [3.63, 3.8) is 0 Å². The topological polar surface area (TPSA) is 69.2 Å². The minimum atomic E-state index is -0.0303. The van der Waals surface area contributed by atoms with E-state index in [4.69, 9.17) is 4.74 Å². The molecular formula is C19H32IN5O2. The number of hydrogen-bond donors (Lipinski definition) is 2. The van der Waals surface area contributed by atoms with Crippen LogP contribution in [0.2, 0.25) is 0 Å². The van der Waals surface area contributed by atoms with Crippen molar-refractivity contribution in [2.45, 2.75) is 20.3 Å². The molecule has 0 unspecified atom stereocenters. The van der Waals surface area contributed by atoms with E-state index in [9.17, 15) is 4.79 Å². The number of aliphatic imine (C=N–C) groups is 1. The lowest BCUT2D eigenvalue weighted by atomic mass is 10.2. The van der Waals surface area contributed by atoms with Crippen LogP contribution in [0.15, 0.2) is 29.3 Å². The summed E-state index contributed by atoms with van der Waals surface area (Å²) in [6.45, 7) is 9.25. The number of guanidine groups is 1. The van der Waals surface area contributed by atoms with Gasteiger partial charge in [0.05, 0.1) is 7.11 Å². The number of methoxy groups -OCH3 is 1. The highest BCUT2D eigenvalue weighted by Crippen LogP contribution is 2.22. The lowest BCUT2D eigenvalue weighted by Crippen LogP contribution is -2.52. The van der Waals surface area contributed by atoms with Crippen LogP contribution in [0.25, 0.3) is 0 Å². The Kier molecular flexibility index (Phi) is 10.9. The van der Waals surface area contributed by atoms with Crippen LogP contribution in [0.3, 0.4) is 0 Å². The maximum Gasteiger partial charge on any atom is 0.241 e. The Morgan fingerprint density at radius 1 is 1.19 bits per heavy atom. The summed E-state index contributed by atoms with van der Waals surface area (Å²) in [6.07, 6.45) is 0.932. The zero-order chi connectivity index (χ0) is 18.8. The first-order valence-electron chi connectivity index (χ1n) is 9.36. The van der Waals surface area contributed by atoms with Gasteiger partial charge in [-0.3, -0.25) is 4.79 Å². The van der Waals surface area contributed by atoms with E-state index in [0.717, 1.165) is 50.9 Å². The molecule has 27 heavy (non-hydrogen) atoms. The Balaban J connectivity index is 0.00000364. The number of rotatable bonds is 7.